The monoisotopic (exact) mass is 281 g/mol. The van der Waals surface area contributed by atoms with Gasteiger partial charge in [-0.3, -0.25) is 0 Å². The molecule has 1 aromatic heterocycles. The van der Waals surface area contributed by atoms with Crippen molar-refractivity contribution < 1.29 is 0 Å². The fourth-order valence-electron chi connectivity index (χ4n) is 1.65. The fraction of sp³-hybridized carbons (Fsp3) is 0.385. The SMILES string of the molecule is CC(C)CC(Sc1ccc(Cl)cc1)n1cncn1. The van der Waals surface area contributed by atoms with Crippen molar-refractivity contribution >= 4 is 23.4 Å². The van der Waals surface area contributed by atoms with Crippen molar-refractivity contribution in [2.45, 2.75) is 30.5 Å². The lowest BCUT2D eigenvalue weighted by Gasteiger charge is -2.18. The highest BCUT2D eigenvalue weighted by Gasteiger charge is 2.15. The largest absolute Gasteiger partial charge is 0.240 e. The van der Waals surface area contributed by atoms with Crippen LogP contribution in [0.2, 0.25) is 5.02 Å². The summed E-state index contributed by atoms with van der Waals surface area (Å²) in [5.41, 5.74) is 0. The maximum absolute atomic E-state index is 5.90. The van der Waals surface area contributed by atoms with Gasteiger partial charge in [-0.2, -0.15) is 5.10 Å². The van der Waals surface area contributed by atoms with E-state index in [1.807, 2.05) is 28.9 Å². The van der Waals surface area contributed by atoms with E-state index in [0.29, 0.717) is 5.92 Å². The van der Waals surface area contributed by atoms with Crippen molar-refractivity contribution in [2.24, 2.45) is 5.92 Å². The normalized spacial score (nSPS) is 12.9. The van der Waals surface area contributed by atoms with Gasteiger partial charge >= 0.3 is 0 Å². The van der Waals surface area contributed by atoms with Gasteiger partial charge in [-0.05, 0) is 36.6 Å². The van der Waals surface area contributed by atoms with Gasteiger partial charge in [0.2, 0.25) is 0 Å². The molecule has 0 saturated carbocycles. The molecule has 1 unspecified atom stereocenters. The van der Waals surface area contributed by atoms with Gasteiger partial charge in [-0.1, -0.05) is 37.2 Å². The Labute approximate surface area is 117 Å². The summed E-state index contributed by atoms with van der Waals surface area (Å²) in [5, 5.41) is 5.28. The highest BCUT2D eigenvalue weighted by atomic mass is 35.5. The van der Waals surface area contributed by atoms with Crippen molar-refractivity contribution in [3.63, 3.8) is 0 Å². The predicted molar refractivity (Wildman–Crippen MR) is 75.8 cm³/mol. The first-order valence-corrected chi connectivity index (χ1v) is 7.17. The molecule has 96 valence electrons. The van der Waals surface area contributed by atoms with E-state index in [1.165, 1.54) is 4.90 Å². The van der Waals surface area contributed by atoms with Crippen LogP contribution in [-0.4, -0.2) is 14.8 Å². The summed E-state index contributed by atoms with van der Waals surface area (Å²) in [6, 6.07) is 7.91. The molecule has 3 nitrogen and oxygen atoms in total. The average Bonchev–Trinajstić information content (AvgIpc) is 2.84. The molecule has 1 heterocycles. The van der Waals surface area contributed by atoms with Gasteiger partial charge in [0.05, 0.1) is 0 Å². The van der Waals surface area contributed by atoms with E-state index < -0.39 is 0 Å². The lowest BCUT2D eigenvalue weighted by molar-refractivity contribution is 0.474. The second-order valence-electron chi connectivity index (χ2n) is 4.53. The molecule has 0 saturated heterocycles. The van der Waals surface area contributed by atoms with Crippen LogP contribution in [0.15, 0.2) is 41.8 Å². The Hall–Kier alpha value is -1.00. The van der Waals surface area contributed by atoms with Crippen LogP contribution >= 0.6 is 23.4 Å². The fourth-order valence-corrected chi connectivity index (χ4v) is 3.08. The summed E-state index contributed by atoms with van der Waals surface area (Å²) in [6.07, 6.45) is 4.41. The van der Waals surface area contributed by atoms with Crippen LogP contribution in [0.25, 0.3) is 0 Å². The number of benzene rings is 1. The highest BCUT2D eigenvalue weighted by Crippen LogP contribution is 2.35. The summed E-state index contributed by atoms with van der Waals surface area (Å²) in [6.45, 7) is 4.43. The first kappa shape index (κ1) is 13.4. The maximum Gasteiger partial charge on any atom is 0.137 e. The minimum absolute atomic E-state index is 0.272. The Balaban J connectivity index is 2.12. The molecule has 0 aliphatic rings. The Morgan fingerprint density at radius 1 is 1.28 bits per heavy atom. The minimum Gasteiger partial charge on any atom is -0.240 e. The van der Waals surface area contributed by atoms with Crippen LogP contribution < -0.4 is 0 Å². The first-order valence-electron chi connectivity index (χ1n) is 5.91. The van der Waals surface area contributed by atoms with Crippen LogP contribution in [-0.2, 0) is 0 Å². The van der Waals surface area contributed by atoms with E-state index in [-0.39, 0.29) is 5.37 Å². The minimum atomic E-state index is 0.272. The molecule has 0 spiro atoms. The molecule has 5 heteroatoms. The molecule has 1 aromatic carbocycles. The molecule has 0 N–H and O–H groups in total. The number of hydrogen-bond donors (Lipinski definition) is 0. The molecule has 2 aromatic rings. The Morgan fingerprint density at radius 3 is 2.56 bits per heavy atom. The number of hydrogen-bond acceptors (Lipinski definition) is 3. The molecule has 18 heavy (non-hydrogen) atoms. The van der Waals surface area contributed by atoms with E-state index in [9.17, 15) is 0 Å². The van der Waals surface area contributed by atoms with Gasteiger partial charge in [0.15, 0.2) is 0 Å². The predicted octanol–water partition coefficient (Wildman–Crippen LogP) is 4.27. The highest BCUT2D eigenvalue weighted by molar-refractivity contribution is 7.99. The second-order valence-corrected chi connectivity index (χ2v) is 6.22. The van der Waals surface area contributed by atoms with Crippen LogP contribution in [0.1, 0.15) is 25.6 Å². The third kappa shape index (κ3) is 3.75. The lowest BCUT2D eigenvalue weighted by Crippen LogP contribution is -2.08. The third-order valence-corrected chi connectivity index (χ3v) is 3.97. The summed E-state index contributed by atoms with van der Waals surface area (Å²) < 4.78 is 1.92. The van der Waals surface area contributed by atoms with Crippen molar-refractivity contribution in [3.05, 3.63) is 41.9 Å². The number of rotatable bonds is 5. The van der Waals surface area contributed by atoms with Gasteiger partial charge in [0.1, 0.15) is 18.0 Å². The maximum atomic E-state index is 5.90. The number of nitrogens with zero attached hydrogens (tertiary/aromatic N) is 3. The summed E-state index contributed by atoms with van der Waals surface area (Å²) >= 11 is 7.68. The second kappa shape index (κ2) is 6.25. The zero-order chi connectivity index (χ0) is 13.0. The average molecular weight is 282 g/mol. The molecule has 0 amide bonds. The molecular formula is C13H16ClN3S. The van der Waals surface area contributed by atoms with E-state index in [4.69, 9.17) is 11.6 Å². The van der Waals surface area contributed by atoms with Gasteiger partial charge in [0, 0.05) is 9.92 Å². The van der Waals surface area contributed by atoms with Crippen LogP contribution in [0, 0.1) is 5.92 Å². The Morgan fingerprint density at radius 2 is 2.00 bits per heavy atom. The number of aromatic nitrogens is 3. The third-order valence-electron chi connectivity index (χ3n) is 2.49. The molecule has 0 aliphatic heterocycles. The number of halogens is 1. The molecule has 0 fully saturated rings. The van der Waals surface area contributed by atoms with Gasteiger partial charge in [-0.25, -0.2) is 9.67 Å². The van der Waals surface area contributed by atoms with Crippen molar-refractivity contribution in [1.82, 2.24) is 14.8 Å². The summed E-state index contributed by atoms with van der Waals surface area (Å²) in [7, 11) is 0. The molecule has 2 rings (SSSR count). The topological polar surface area (TPSA) is 30.7 Å². The van der Waals surface area contributed by atoms with Crippen LogP contribution in [0.5, 0.6) is 0 Å². The Bertz CT molecular complexity index is 467. The van der Waals surface area contributed by atoms with Gasteiger partial charge in [-0.15, -0.1) is 0 Å². The summed E-state index contributed by atoms with van der Waals surface area (Å²) in [5.74, 6) is 0.610. The molecule has 1 atom stereocenters. The zero-order valence-electron chi connectivity index (χ0n) is 10.5. The lowest BCUT2D eigenvalue weighted by atomic mass is 10.1. The van der Waals surface area contributed by atoms with E-state index in [0.717, 1.165) is 11.4 Å². The van der Waals surface area contributed by atoms with E-state index in [2.05, 4.69) is 23.9 Å². The quantitative estimate of drug-likeness (QED) is 0.767. The molecule has 0 bridgehead atoms. The molecule has 0 radical (unpaired) electrons. The summed E-state index contributed by atoms with van der Waals surface area (Å²) in [4.78, 5) is 5.22. The van der Waals surface area contributed by atoms with Crippen LogP contribution in [0.3, 0.4) is 0 Å². The van der Waals surface area contributed by atoms with E-state index >= 15 is 0 Å². The van der Waals surface area contributed by atoms with Gasteiger partial charge < -0.3 is 0 Å². The van der Waals surface area contributed by atoms with Crippen molar-refractivity contribution in [3.8, 4) is 0 Å². The smallest absolute Gasteiger partial charge is 0.137 e. The van der Waals surface area contributed by atoms with E-state index in [1.54, 1.807) is 24.4 Å². The zero-order valence-corrected chi connectivity index (χ0v) is 12.0. The Kier molecular flexibility index (Phi) is 4.66. The van der Waals surface area contributed by atoms with Crippen molar-refractivity contribution in [1.29, 1.82) is 0 Å². The molecule has 0 aliphatic carbocycles. The standard InChI is InChI=1S/C13H16ClN3S/c1-10(2)7-13(17-9-15-8-16-17)18-12-5-3-11(14)4-6-12/h3-6,8-10,13H,7H2,1-2H3. The van der Waals surface area contributed by atoms with Crippen LogP contribution in [0.4, 0.5) is 0 Å². The van der Waals surface area contributed by atoms with Crippen molar-refractivity contribution in [2.75, 3.05) is 0 Å². The van der Waals surface area contributed by atoms with Gasteiger partial charge in [0.25, 0.3) is 0 Å². The molecular weight excluding hydrogens is 266 g/mol. The number of thioether (sulfide) groups is 1. The first-order chi connectivity index (χ1) is 8.65.